The van der Waals surface area contributed by atoms with Crippen molar-refractivity contribution < 1.29 is 4.52 Å². The summed E-state index contributed by atoms with van der Waals surface area (Å²) in [5.41, 5.74) is 7.20. The van der Waals surface area contributed by atoms with Gasteiger partial charge in [0.1, 0.15) is 17.8 Å². The Morgan fingerprint density at radius 1 is 1.36 bits per heavy atom. The molecule has 5 nitrogen and oxygen atoms in total. The molecule has 5 heteroatoms. The Morgan fingerprint density at radius 2 is 2.29 bits per heavy atom. The highest BCUT2D eigenvalue weighted by Gasteiger charge is 1.96. The van der Waals surface area contributed by atoms with Crippen molar-refractivity contribution in [2.24, 2.45) is 0 Å². The van der Waals surface area contributed by atoms with E-state index in [4.69, 9.17) is 10.3 Å². The summed E-state index contributed by atoms with van der Waals surface area (Å²) in [6.07, 6.45) is 3.22. The van der Waals surface area contributed by atoms with E-state index in [0.717, 1.165) is 11.4 Å². The smallest absolute Gasteiger partial charge is 0.124 e. The quantitative estimate of drug-likeness (QED) is 0.762. The summed E-state index contributed by atoms with van der Waals surface area (Å²) in [6.45, 7) is 0.613. The molecule has 0 radical (unpaired) electrons. The number of hydrogen-bond acceptors (Lipinski definition) is 5. The molecule has 0 spiro atoms. The van der Waals surface area contributed by atoms with Crippen molar-refractivity contribution in [3.63, 3.8) is 0 Å². The van der Waals surface area contributed by atoms with Crippen molar-refractivity contribution in [3.8, 4) is 0 Å². The predicted molar refractivity (Wildman–Crippen MR) is 52.5 cm³/mol. The van der Waals surface area contributed by atoms with Gasteiger partial charge in [0.05, 0.1) is 18.4 Å². The van der Waals surface area contributed by atoms with Crippen molar-refractivity contribution >= 4 is 11.5 Å². The molecule has 3 N–H and O–H groups in total. The predicted octanol–water partition coefficient (Wildman–Crippen LogP) is 1.26. The highest BCUT2D eigenvalue weighted by molar-refractivity contribution is 5.45. The molecule has 0 saturated carbocycles. The lowest BCUT2D eigenvalue weighted by Crippen LogP contribution is -2.00. The molecule has 0 unspecified atom stereocenters. The molecule has 0 saturated heterocycles. The maximum atomic E-state index is 5.45. The fourth-order valence-corrected chi connectivity index (χ4v) is 1.03. The first kappa shape index (κ1) is 8.55. The van der Waals surface area contributed by atoms with Gasteiger partial charge in [0, 0.05) is 6.07 Å². The molecular formula is C9H10N4O. The first-order valence-corrected chi connectivity index (χ1v) is 4.19. The van der Waals surface area contributed by atoms with Gasteiger partial charge in [-0.2, -0.15) is 0 Å². The Bertz CT molecular complexity index is 382. The molecule has 0 atom stereocenters. The molecule has 2 aromatic rings. The molecule has 2 aromatic heterocycles. The Labute approximate surface area is 80.9 Å². The van der Waals surface area contributed by atoms with Crippen LogP contribution in [-0.4, -0.2) is 10.1 Å². The maximum Gasteiger partial charge on any atom is 0.124 e. The molecule has 0 amide bonds. The third-order valence-electron chi connectivity index (χ3n) is 1.75. The molecule has 72 valence electrons. The summed E-state index contributed by atoms with van der Waals surface area (Å²) in [7, 11) is 0. The van der Waals surface area contributed by atoms with Crippen LogP contribution in [0.3, 0.4) is 0 Å². The second-order valence-electron chi connectivity index (χ2n) is 2.82. The van der Waals surface area contributed by atoms with Crippen LogP contribution in [0.1, 0.15) is 5.69 Å². The summed E-state index contributed by atoms with van der Waals surface area (Å²) in [5, 5.41) is 6.90. The lowest BCUT2D eigenvalue weighted by atomic mass is 10.3. The third-order valence-corrected chi connectivity index (χ3v) is 1.75. The van der Waals surface area contributed by atoms with Crippen LogP contribution in [0.25, 0.3) is 0 Å². The summed E-state index contributed by atoms with van der Waals surface area (Å²) in [5.74, 6) is 0.511. The number of nitrogens with zero attached hydrogens (tertiary/aromatic N) is 2. The lowest BCUT2D eigenvalue weighted by molar-refractivity contribution is 0.412. The van der Waals surface area contributed by atoms with Crippen LogP contribution in [0.15, 0.2) is 35.2 Å². The van der Waals surface area contributed by atoms with Gasteiger partial charge in [0.15, 0.2) is 0 Å². The fraction of sp³-hybridized carbons (Fsp3) is 0.111. The van der Waals surface area contributed by atoms with Crippen LogP contribution in [-0.2, 0) is 6.54 Å². The monoisotopic (exact) mass is 190 g/mol. The standard InChI is InChI=1S/C9H10N4O/c10-9-2-1-7(5-12-9)11-6-8-3-4-14-13-8/h1-5,11H,6H2,(H2,10,12). The third kappa shape index (κ3) is 2.01. The van der Waals surface area contributed by atoms with E-state index in [2.05, 4.69) is 15.5 Å². The van der Waals surface area contributed by atoms with Gasteiger partial charge in [-0.3, -0.25) is 0 Å². The molecule has 0 bridgehead atoms. The molecule has 0 aliphatic rings. The molecule has 0 aliphatic carbocycles. The van der Waals surface area contributed by atoms with Crippen molar-refractivity contribution in [2.75, 3.05) is 11.1 Å². The molecule has 2 rings (SSSR count). The molecule has 0 aromatic carbocycles. The van der Waals surface area contributed by atoms with Crippen molar-refractivity contribution in [1.82, 2.24) is 10.1 Å². The fourth-order valence-electron chi connectivity index (χ4n) is 1.03. The Morgan fingerprint density at radius 3 is 2.93 bits per heavy atom. The Hall–Kier alpha value is -2.04. The highest BCUT2D eigenvalue weighted by atomic mass is 16.5. The van der Waals surface area contributed by atoms with E-state index in [1.807, 2.05) is 6.07 Å². The summed E-state index contributed by atoms with van der Waals surface area (Å²) >= 11 is 0. The van der Waals surface area contributed by atoms with Gasteiger partial charge < -0.3 is 15.6 Å². The second kappa shape index (κ2) is 3.78. The summed E-state index contributed by atoms with van der Waals surface area (Å²) in [6, 6.07) is 5.41. The number of aromatic nitrogens is 2. The van der Waals surface area contributed by atoms with Gasteiger partial charge in [-0.15, -0.1) is 0 Å². The Balaban J connectivity index is 1.95. The average molecular weight is 190 g/mol. The Kier molecular flexibility index (Phi) is 2.31. The zero-order valence-corrected chi connectivity index (χ0v) is 7.47. The molecular weight excluding hydrogens is 180 g/mol. The van der Waals surface area contributed by atoms with Gasteiger partial charge in [-0.05, 0) is 12.1 Å². The first-order valence-electron chi connectivity index (χ1n) is 4.19. The van der Waals surface area contributed by atoms with E-state index in [9.17, 15) is 0 Å². The van der Waals surface area contributed by atoms with Crippen LogP contribution in [0, 0.1) is 0 Å². The maximum absolute atomic E-state index is 5.45. The zero-order valence-electron chi connectivity index (χ0n) is 7.47. The van der Waals surface area contributed by atoms with Gasteiger partial charge in [-0.1, -0.05) is 5.16 Å². The van der Waals surface area contributed by atoms with Gasteiger partial charge >= 0.3 is 0 Å². The molecule has 2 heterocycles. The van der Waals surface area contributed by atoms with Gasteiger partial charge in [0.25, 0.3) is 0 Å². The lowest BCUT2D eigenvalue weighted by Gasteiger charge is -2.02. The number of pyridine rings is 1. The van der Waals surface area contributed by atoms with E-state index < -0.39 is 0 Å². The minimum Gasteiger partial charge on any atom is -0.384 e. The number of nitrogen functional groups attached to an aromatic ring is 1. The van der Waals surface area contributed by atoms with Crippen molar-refractivity contribution in [1.29, 1.82) is 0 Å². The van der Waals surface area contributed by atoms with E-state index in [1.165, 1.54) is 6.26 Å². The molecule has 14 heavy (non-hydrogen) atoms. The minimum atomic E-state index is 0.511. The number of hydrogen-bond donors (Lipinski definition) is 2. The topological polar surface area (TPSA) is 77.0 Å². The van der Waals surface area contributed by atoms with Crippen LogP contribution in [0.2, 0.25) is 0 Å². The largest absolute Gasteiger partial charge is 0.384 e. The normalized spacial score (nSPS) is 10.0. The van der Waals surface area contributed by atoms with E-state index >= 15 is 0 Å². The van der Waals surface area contributed by atoms with Crippen LogP contribution < -0.4 is 11.1 Å². The number of rotatable bonds is 3. The van der Waals surface area contributed by atoms with Crippen molar-refractivity contribution in [3.05, 3.63) is 36.4 Å². The van der Waals surface area contributed by atoms with E-state index in [1.54, 1.807) is 18.3 Å². The van der Waals surface area contributed by atoms with Gasteiger partial charge in [-0.25, -0.2) is 4.98 Å². The van der Waals surface area contributed by atoms with E-state index in [0.29, 0.717) is 12.4 Å². The number of nitrogens with two attached hydrogens (primary N) is 1. The minimum absolute atomic E-state index is 0.511. The van der Waals surface area contributed by atoms with Crippen LogP contribution >= 0.6 is 0 Å². The first-order chi connectivity index (χ1) is 6.84. The van der Waals surface area contributed by atoms with Crippen LogP contribution in [0.4, 0.5) is 11.5 Å². The second-order valence-corrected chi connectivity index (χ2v) is 2.82. The SMILES string of the molecule is Nc1ccc(NCc2ccon2)cn1. The van der Waals surface area contributed by atoms with Crippen molar-refractivity contribution in [2.45, 2.75) is 6.54 Å². The molecule has 0 aliphatic heterocycles. The zero-order chi connectivity index (χ0) is 9.80. The highest BCUT2D eigenvalue weighted by Crippen LogP contribution is 2.08. The molecule has 0 fully saturated rings. The van der Waals surface area contributed by atoms with E-state index in [-0.39, 0.29) is 0 Å². The van der Waals surface area contributed by atoms with Crippen LogP contribution in [0.5, 0.6) is 0 Å². The number of nitrogens with one attached hydrogen (secondary N) is 1. The summed E-state index contributed by atoms with van der Waals surface area (Å²) < 4.78 is 4.70. The average Bonchev–Trinajstić information content (AvgIpc) is 2.70. The summed E-state index contributed by atoms with van der Waals surface area (Å²) in [4.78, 5) is 3.95. The number of anilines is 2. The van der Waals surface area contributed by atoms with Gasteiger partial charge in [0.2, 0.25) is 0 Å².